The number of halogens is 1. The molecule has 0 radical (unpaired) electrons. The van der Waals surface area contributed by atoms with Gasteiger partial charge in [-0.2, -0.15) is 0 Å². The SMILES string of the molecule is COc1cc(OCC2CCCC2)c(N)cc1F. The maximum Gasteiger partial charge on any atom is 0.167 e. The van der Waals surface area contributed by atoms with E-state index in [2.05, 4.69) is 0 Å². The Morgan fingerprint density at radius 3 is 2.65 bits per heavy atom. The minimum absolute atomic E-state index is 0.167. The number of nitrogens with two attached hydrogens (primary N) is 1. The first-order valence-corrected chi connectivity index (χ1v) is 5.96. The van der Waals surface area contributed by atoms with Crippen LogP contribution in [0.4, 0.5) is 10.1 Å². The molecule has 0 aromatic heterocycles. The molecule has 0 unspecified atom stereocenters. The van der Waals surface area contributed by atoms with Gasteiger partial charge in [-0.3, -0.25) is 0 Å². The molecule has 1 aliphatic rings. The first-order valence-electron chi connectivity index (χ1n) is 5.96. The van der Waals surface area contributed by atoms with Crippen LogP contribution in [-0.2, 0) is 0 Å². The zero-order valence-corrected chi connectivity index (χ0v) is 10.0. The number of nitrogen functional groups attached to an aromatic ring is 1. The van der Waals surface area contributed by atoms with Crippen LogP contribution in [0.3, 0.4) is 0 Å². The van der Waals surface area contributed by atoms with E-state index in [1.807, 2.05) is 0 Å². The Morgan fingerprint density at radius 1 is 1.29 bits per heavy atom. The van der Waals surface area contributed by atoms with Crippen molar-refractivity contribution >= 4 is 5.69 Å². The van der Waals surface area contributed by atoms with Gasteiger partial charge >= 0.3 is 0 Å². The van der Waals surface area contributed by atoms with Crippen LogP contribution >= 0.6 is 0 Å². The van der Waals surface area contributed by atoms with Gasteiger partial charge in [-0.1, -0.05) is 12.8 Å². The van der Waals surface area contributed by atoms with Gasteiger partial charge in [0.1, 0.15) is 5.75 Å². The smallest absolute Gasteiger partial charge is 0.167 e. The van der Waals surface area contributed by atoms with Crippen LogP contribution in [0.5, 0.6) is 11.5 Å². The highest BCUT2D eigenvalue weighted by molar-refractivity contribution is 5.56. The van der Waals surface area contributed by atoms with Crippen molar-refractivity contribution in [2.75, 3.05) is 19.5 Å². The van der Waals surface area contributed by atoms with E-state index in [9.17, 15) is 4.39 Å². The summed E-state index contributed by atoms with van der Waals surface area (Å²) in [4.78, 5) is 0. The summed E-state index contributed by atoms with van der Waals surface area (Å²) in [5, 5.41) is 0. The minimum atomic E-state index is -0.460. The van der Waals surface area contributed by atoms with Crippen LogP contribution < -0.4 is 15.2 Å². The Balaban J connectivity index is 2.03. The van der Waals surface area contributed by atoms with Crippen molar-refractivity contribution in [3.63, 3.8) is 0 Å². The van der Waals surface area contributed by atoms with Gasteiger partial charge in [0.25, 0.3) is 0 Å². The van der Waals surface area contributed by atoms with Gasteiger partial charge < -0.3 is 15.2 Å². The maximum absolute atomic E-state index is 13.3. The van der Waals surface area contributed by atoms with E-state index in [0.29, 0.717) is 24.0 Å². The summed E-state index contributed by atoms with van der Waals surface area (Å²) in [7, 11) is 1.43. The van der Waals surface area contributed by atoms with Crippen molar-refractivity contribution < 1.29 is 13.9 Å². The molecule has 94 valence electrons. The van der Waals surface area contributed by atoms with Crippen LogP contribution in [0.15, 0.2) is 12.1 Å². The molecule has 0 bridgehead atoms. The number of benzene rings is 1. The van der Waals surface area contributed by atoms with Gasteiger partial charge in [0.05, 0.1) is 19.4 Å². The molecule has 0 spiro atoms. The van der Waals surface area contributed by atoms with Crippen molar-refractivity contribution in [2.24, 2.45) is 5.92 Å². The third-order valence-corrected chi connectivity index (χ3v) is 3.23. The van der Waals surface area contributed by atoms with Crippen LogP contribution in [-0.4, -0.2) is 13.7 Å². The Hall–Kier alpha value is -1.45. The summed E-state index contributed by atoms with van der Waals surface area (Å²) in [5.41, 5.74) is 6.03. The topological polar surface area (TPSA) is 44.5 Å². The van der Waals surface area contributed by atoms with Gasteiger partial charge in [-0.05, 0) is 18.8 Å². The van der Waals surface area contributed by atoms with E-state index in [4.69, 9.17) is 15.2 Å². The Morgan fingerprint density at radius 2 is 2.00 bits per heavy atom. The second kappa shape index (κ2) is 5.25. The summed E-state index contributed by atoms with van der Waals surface area (Å²) in [5.74, 6) is 0.819. The highest BCUT2D eigenvalue weighted by Crippen LogP contribution is 2.32. The molecule has 1 aromatic carbocycles. The molecule has 17 heavy (non-hydrogen) atoms. The summed E-state index contributed by atoms with van der Waals surface area (Å²) in [6, 6.07) is 2.75. The zero-order chi connectivity index (χ0) is 12.3. The van der Waals surface area contributed by atoms with Crippen LogP contribution in [0.25, 0.3) is 0 Å². The Bertz CT molecular complexity index is 389. The van der Waals surface area contributed by atoms with Crippen molar-refractivity contribution in [2.45, 2.75) is 25.7 Å². The molecule has 1 aliphatic carbocycles. The molecule has 4 heteroatoms. The number of anilines is 1. The summed E-state index contributed by atoms with van der Waals surface area (Å²) in [6.45, 7) is 0.652. The van der Waals surface area contributed by atoms with Crippen LogP contribution in [0.2, 0.25) is 0 Å². The monoisotopic (exact) mass is 239 g/mol. The number of hydrogen-bond acceptors (Lipinski definition) is 3. The first-order chi connectivity index (χ1) is 8.20. The van der Waals surface area contributed by atoms with Crippen molar-refractivity contribution in [1.29, 1.82) is 0 Å². The largest absolute Gasteiger partial charge is 0.494 e. The van der Waals surface area contributed by atoms with Crippen LogP contribution in [0, 0.1) is 11.7 Å². The summed E-state index contributed by atoms with van der Waals surface area (Å²) in [6.07, 6.45) is 4.96. The molecule has 0 saturated heterocycles. The lowest BCUT2D eigenvalue weighted by molar-refractivity contribution is 0.251. The molecule has 2 N–H and O–H groups in total. The summed E-state index contributed by atoms with van der Waals surface area (Å²) < 4.78 is 23.9. The maximum atomic E-state index is 13.3. The molecular weight excluding hydrogens is 221 g/mol. The lowest BCUT2D eigenvalue weighted by Crippen LogP contribution is -2.09. The molecule has 0 amide bonds. The predicted octanol–water partition coefficient (Wildman–Crippen LogP) is 2.99. The molecule has 0 aliphatic heterocycles. The Labute approximate surface area is 101 Å². The molecule has 2 rings (SSSR count). The van der Waals surface area contributed by atoms with E-state index in [0.717, 1.165) is 0 Å². The van der Waals surface area contributed by atoms with E-state index in [-0.39, 0.29) is 5.75 Å². The molecule has 0 heterocycles. The van der Waals surface area contributed by atoms with E-state index in [1.54, 1.807) is 0 Å². The number of ether oxygens (including phenoxy) is 2. The highest BCUT2D eigenvalue weighted by atomic mass is 19.1. The second-order valence-electron chi connectivity index (χ2n) is 4.49. The fourth-order valence-corrected chi connectivity index (χ4v) is 2.22. The van der Waals surface area contributed by atoms with Gasteiger partial charge in [0, 0.05) is 12.1 Å². The molecule has 3 nitrogen and oxygen atoms in total. The fraction of sp³-hybridized carbons (Fsp3) is 0.538. The normalized spacial score (nSPS) is 16.1. The van der Waals surface area contributed by atoms with Crippen molar-refractivity contribution in [3.8, 4) is 11.5 Å². The lowest BCUT2D eigenvalue weighted by atomic mass is 10.1. The zero-order valence-electron chi connectivity index (χ0n) is 10.0. The van der Waals surface area contributed by atoms with E-state index in [1.165, 1.54) is 44.9 Å². The molecule has 1 aromatic rings. The highest BCUT2D eigenvalue weighted by Gasteiger charge is 2.17. The standard InChI is InChI=1S/C13H18FNO2/c1-16-12-7-13(11(15)6-10(12)14)17-8-9-4-2-3-5-9/h6-7,9H,2-5,8,15H2,1H3. The number of hydrogen-bond donors (Lipinski definition) is 1. The average molecular weight is 239 g/mol. The van der Waals surface area contributed by atoms with Gasteiger partial charge in [-0.25, -0.2) is 4.39 Å². The Kier molecular flexibility index (Phi) is 3.71. The van der Waals surface area contributed by atoms with Gasteiger partial charge in [-0.15, -0.1) is 0 Å². The van der Waals surface area contributed by atoms with E-state index < -0.39 is 5.82 Å². The summed E-state index contributed by atoms with van der Waals surface area (Å²) >= 11 is 0. The minimum Gasteiger partial charge on any atom is -0.494 e. The fourth-order valence-electron chi connectivity index (χ4n) is 2.22. The van der Waals surface area contributed by atoms with Crippen LogP contribution in [0.1, 0.15) is 25.7 Å². The predicted molar refractivity (Wildman–Crippen MR) is 64.8 cm³/mol. The van der Waals surface area contributed by atoms with Crippen molar-refractivity contribution in [3.05, 3.63) is 17.9 Å². The first kappa shape index (κ1) is 12.0. The average Bonchev–Trinajstić information content (AvgIpc) is 2.81. The molecule has 1 fully saturated rings. The quantitative estimate of drug-likeness (QED) is 0.821. The van der Waals surface area contributed by atoms with Crippen molar-refractivity contribution in [1.82, 2.24) is 0 Å². The van der Waals surface area contributed by atoms with Gasteiger partial charge in [0.15, 0.2) is 11.6 Å². The lowest BCUT2D eigenvalue weighted by Gasteiger charge is -2.14. The third-order valence-electron chi connectivity index (χ3n) is 3.23. The molecule has 0 atom stereocenters. The molecule has 1 saturated carbocycles. The number of rotatable bonds is 4. The molecular formula is C13H18FNO2. The second-order valence-corrected chi connectivity index (χ2v) is 4.49. The number of methoxy groups -OCH3 is 1. The van der Waals surface area contributed by atoms with E-state index >= 15 is 0 Å². The third kappa shape index (κ3) is 2.81. The van der Waals surface area contributed by atoms with Gasteiger partial charge in [0.2, 0.25) is 0 Å².